The number of allylic oxidation sites excluding steroid dienone is 2. The van der Waals surface area contributed by atoms with Gasteiger partial charge >= 0.3 is 0 Å². The number of nitrogens with zero attached hydrogens (tertiary/aromatic N) is 3. The Morgan fingerprint density at radius 3 is 2.67 bits per heavy atom. The fraction of sp³-hybridized carbons (Fsp3) is 0.350. The number of dihydropyridines is 1. The molecular formula is C20H27ClN6. The summed E-state index contributed by atoms with van der Waals surface area (Å²) in [5.74, 6) is 0.696. The van der Waals surface area contributed by atoms with Gasteiger partial charge in [0.15, 0.2) is 0 Å². The average molecular weight is 387 g/mol. The molecule has 4 rings (SSSR count). The van der Waals surface area contributed by atoms with Crippen LogP contribution in [0.3, 0.4) is 0 Å². The van der Waals surface area contributed by atoms with Gasteiger partial charge in [0.1, 0.15) is 11.5 Å². The van der Waals surface area contributed by atoms with Gasteiger partial charge in [-0.2, -0.15) is 0 Å². The maximum absolute atomic E-state index is 6.41. The number of nitrogens with one attached hydrogen (secondary N) is 2. The van der Waals surface area contributed by atoms with Gasteiger partial charge in [-0.25, -0.2) is 4.99 Å². The Kier molecular flexibility index (Phi) is 6.55. The largest absolute Gasteiger partial charge is 0.383 e. The van der Waals surface area contributed by atoms with Crippen LogP contribution in [0, 0.1) is 0 Å². The molecule has 0 atom stereocenters. The van der Waals surface area contributed by atoms with Gasteiger partial charge in [0.2, 0.25) is 0 Å². The molecule has 0 spiro atoms. The molecule has 3 heterocycles. The lowest BCUT2D eigenvalue weighted by Gasteiger charge is -2.30. The summed E-state index contributed by atoms with van der Waals surface area (Å²) in [4.78, 5) is 8.99. The van der Waals surface area contributed by atoms with Crippen molar-refractivity contribution in [3.05, 3.63) is 65.3 Å². The molecule has 1 fully saturated rings. The molecule has 1 saturated heterocycles. The number of nitrogens with two attached hydrogens (primary N) is 1. The third-order valence-corrected chi connectivity index (χ3v) is 5.00. The van der Waals surface area contributed by atoms with Crippen molar-refractivity contribution in [1.29, 1.82) is 0 Å². The first-order valence-electron chi connectivity index (χ1n) is 9.30. The predicted molar refractivity (Wildman–Crippen MR) is 113 cm³/mol. The van der Waals surface area contributed by atoms with Crippen LogP contribution in [0.1, 0.15) is 18.4 Å². The summed E-state index contributed by atoms with van der Waals surface area (Å²) in [6.45, 7) is 5.16. The second kappa shape index (κ2) is 9.08. The Labute approximate surface area is 166 Å². The number of fused-ring (bicyclic) bond motifs is 1. The summed E-state index contributed by atoms with van der Waals surface area (Å²) >= 11 is 0. The molecule has 3 aliphatic rings. The Hall–Kier alpha value is -2.28. The lowest BCUT2D eigenvalue weighted by atomic mass is 10.1. The molecule has 0 saturated carbocycles. The molecular weight excluding hydrogens is 360 g/mol. The van der Waals surface area contributed by atoms with E-state index in [0.717, 1.165) is 35.7 Å². The van der Waals surface area contributed by atoms with Crippen molar-refractivity contribution in [1.82, 2.24) is 20.4 Å². The van der Waals surface area contributed by atoms with Crippen LogP contribution in [-0.4, -0.2) is 49.0 Å². The van der Waals surface area contributed by atoms with Gasteiger partial charge in [-0.1, -0.05) is 30.3 Å². The molecule has 0 unspecified atom stereocenters. The van der Waals surface area contributed by atoms with Crippen LogP contribution in [0.2, 0.25) is 0 Å². The zero-order valence-corrected chi connectivity index (χ0v) is 16.2. The third kappa shape index (κ3) is 4.53. The lowest BCUT2D eigenvalue weighted by molar-refractivity contribution is 0.325. The van der Waals surface area contributed by atoms with Gasteiger partial charge in [0.05, 0.1) is 18.7 Å². The fourth-order valence-corrected chi connectivity index (χ4v) is 3.48. The number of hydrogen-bond acceptors (Lipinski definition) is 6. The molecule has 1 aromatic rings. The maximum atomic E-state index is 6.41. The van der Waals surface area contributed by atoms with Crippen LogP contribution in [0.25, 0.3) is 5.70 Å². The second-order valence-electron chi connectivity index (χ2n) is 6.80. The lowest BCUT2D eigenvalue weighted by Crippen LogP contribution is -2.42. The minimum atomic E-state index is 0. The van der Waals surface area contributed by atoms with E-state index in [4.69, 9.17) is 5.73 Å². The third-order valence-electron chi connectivity index (χ3n) is 5.00. The number of halogens is 1. The van der Waals surface area contributed by atoms with Crippen LogP contribution in [-0.2, 0) is 0 Å². The van der Waals surface area contributed by atoms with Crippen molar-refractivity contribution in [2.24, 2.45) is 10.7 Å². The van der Waals surface area contributed by atoms with E-state index in [-0.39, 0.29) is 12.4 Å². The van der Waals surface area contributed by atoms with Crippen molar-refractivity contribution in [2.75, 3.05) is 32.8 Å². The Morgan fingerprint density at radius 2 is 1.89 bits per heavy atom. The summed E-state index contributed by atoms with van der Waals surface area (Å²) in [7, 11) is 0. The van der Waals surface area contributed by atoms with Gasteiger partial charge in [0.25, 0.3) is 0 Å². The van der Waals surface area contributed by atoms with Crippen molar-refractivity contribution in [2.45, 2.75) is 12.8 Å². The van der Waals surface area contributed by atoms with Gasteiger partial charge in [-0.05, 0) is 43.6 Å². The highest BCUT2D eigenvalue weighted by molar-refractivity contribution is 5.85. The minimum Gasteiger partial charge on any atom is -0.383 e. The number of rotatable bonds is 6. The highest BCUT2D eigenvalue weighted by atomic mass is 35.5. The highest BCUT2D eigenvalue weighted by Crippen LogP contribution is 2.26. The molecule has 4 N–H and O–H groups in total. The molecule has 7 heteroatoms. The molecule has 0 aliphatic carbocycles. The molecule has 0 bridgehead atoms. The van der Waals surface area contributed by atoms with Crippen molar-refractivity contribution < 1.29 is 0 Å². The maximum Gasteiger partial charge on any atom is 0.132 e. The zero-order chi connectivity index (χ0) is 17.8. The van der Waals surface area contributed by atoms with Crippen molar-refractivity contribution in [3.63, 3.8) is 0 Å². The number of likely N-dealkylation sites (tertiary alicyclic amines) is 1. The van der Waals surface area contributed by atoms with E-state index in [1.165, 1.54) is 25.9 Å². The van der Waals surface area contributed by atoms with Crippen LogP contribution < -0.4 is 16.4 Å². The standard InChI is InChI=1S/C20H26N6.ClH/c21-20-19-18(9-8-17(24-19)16-6-2-1-3-7-16)23-15-26(20)14-22-10-13-25-11-4-5-12-25;/h1-3,6-9,15,22,24H,4-5,10-14,21H2;1H. The van der Waals surface area contributed by atoms with E-state index >= 15 is 0 Å². The molecule has 3 aliphatic heterocycles. The smallest absolute Gasteiger partial charge is 0.132 e. The van der Waals surface area contributed by atoms with Gasteiger partial charge in [0, 0.05) is 18.8 Å². The predicted octanol–water partition coefficient (Wildman–Crippen LogP) is 2.05. The molecule has 0 amide bonds. The Balaban J connectivity index is 0.00000210. The van der Waals surface area contributed by atoms with E-state index in [2.05, 4.69) is 32.7 Å². The Bertz CT molecular complexity index is 762. The highest BCUT2D eigenvalue weighted by Gasteiger charge is 2.22. The molecule has 0 aromatic heterocycles. The summed E-state index contributed by atoms with van der Waals surface area (Å²) < 4.78 is 0. The van der Waals surface area contributed by atoms with Gasteiger partial charge in [-0.3, -0.25) is 5.32 Å². The first-order valence-corrected chi connectivity index (χ1v) is 9.30. The first kappa shape index (κ1) is 19.5. The molecule has 144 valence electrons. The molecule has 27 heavy (non-hydrogen) atoms. The zero-order valence-electron chi connectivity index (χ0n) is 15.4. The van der Waals surface area contributed by atoms with Crippen LogP contribution in [0.5, 0.6) is 0 Å². The first-order chi connectivity index (χ1) is 12.8. The summed E-state index contributed by atoms with van der Waals surface area (Å²) in [6, 6.07) is 10.2. The molecule has 6 nitrogen and oxygen atoms in total. The topological polar surface area (TPSA) is 68.9 Å². The number of hydrogen-bond donors (Lipinski definition) is 3. The van der Waals surface area contributed by atoms with Gasteiger partial charge < -0.3 is 20.9 Å². The quantitative estimate of drug-likeness (QED) is 0.653. The molecule has 1 aromatic carbocycles. The van der Waals surface area contributed by atoms with E-state index in [1.807, 2.05) is 35.3 Å². The minimum absolute atomic E-state index is 0. The molecule has 0 radical (unpaired) electrons. The summed E-state index contributed by atoms with van der Waals surface area (Å²) in [6.07, 6.45) is 8.51. The number of benzene rings is 1. The summed E-state index contributed by atoms with van der Waals surface area (Å²) in [5.41, 5.74) is 10.3. The van der Waals surface area contributed by atoms with Gasteiger partial charge in [-0.15, -0.1) is 12.4 Å². The van der Waals surface area contributed by atoms with Crippen LogP contribution in [0.4, 0.5) is 0 Å². The second-order valence-corrected chi connectivity index (χ2v) is 6.80. The normalized spacial score (nSPS) is 19.2. The summed E-state index contributed by atoms with van der Waals surface area (Å²) in [5, 5.41) is 6.91. The van der Waals surface area contributed by atoms with E-state index < -0.39 is 0 Å². The number of aliphatic imine (C=N–C) groups is 1. The van der Waals surface area contributed by atoms with Crippen LogP contribution in [0.15, 0.2) is 64.7 Å². The monoisotopic (exact) mass is 386 g/mol. The van der Waals surface area contributed by atoms with E-state index in [9.17, 15) is 0 Å². The Morgan fingerprint density at radius 1 is 1.11 bits per heavy atom. The average Bonchev–Trinajstić information content (AvgIpc) is 3.21. The van der Waals surface area contributed by atoms with Crippen molar-refractivity contribution >= 4 is 24.4 Å². The van der Waals surface area contributed by atoms with Crippen LogP contribution >= 0.6 is 12.4 Å². The van der Waals surface area contributed by atoms with Crippen molar-refractivity contribution in [3.8, 4) is 0 Å². The van der Waals surface area contributed by atoms with E-state index in [1.54, 1.807) is 6.34 Å². The van der Waals surface area contributed by atoms with E-state index in [0.29, 0.717) is 12.5 Å². The fourth-order valence-electron chi connectivity index (χ4n) is 3.48. The SMILES string of the molecule is Cl.NC1=C2NC(c3ccccc3)=CC=C2N=CN1CNCCN1CCCC1.